The highest BCUT2D eigenvalue weighted by Crippen LogP contribution is 2.33. The van der Waals surface area contributed by atoms with E-state index in [0.717, 1.165) is 36.7 Å². The number of ether oxygens (including phenoxy) is 3. The van der Waals surface area contributed by atoms with Crippen LogP contribution in [0.3, 0.4) is 0 Å². The lowest BCUT2D eigenvalue weighted by Crippen LogP contribution is -2.44. The Balaban J connectivity index is 1.57. The standard InChI is InChI=1S/C29H33F2N3O6/c1-38-25-9-6-19(14-26(25)40-21-4-2-3-5-21)16-33-28(36)23-15-22(39-17-27(30)31)7-8-24(23)34(29(33)37)20-10-12-32(18-35)13-11-20/h6-9,14-15,18,20-21,27H,2-5,10-13,16-17H2,1H3. The number of halogens is 2. The first-order valence-electron chi connectivity index (χ1n) is 13.6. The van der Waals surface area contributed by atoms with Gasteiger partial charge < -0.3 is 19.1 Å². The number of piperidine rings is 1. The number of hydrogen-bond acceptors (Lipinski definition) is 6. The maximum Gasteiger partial charge on any atom is 0.332 e. The minimum atomic E-state index is -2.67. The summed E-state index contributed by atoms with van der Waals surface area (Å²) < 4.78 is 45.2. The summed E-state index contributed by atoms with van der Waals surface area (Å²) in [6.45, 7) is 0.140. The minimum Gasteiger partial charge on any atom is -0.493 e. The Labute approximate surface area is 229 Å². The van der Waals surface area contributed by atoms with E-state index in [-0.39, 0.29) is 29.8 Å². The fraction of sp³-hybridized carbons (Fsp3) is 0.483. The molecule has 40 heavy (non-hydrogen) atoms. The number of methoxy groups -OCH3 is 1. The van der Waals surface area contributed by atoms with E-state index in [1.54, 1.807) is 40.8 Å². The Hall–Kier alpha value is -3.89. The van der Waals surface area contributed by atoms with Crippen LogP contribution in [-0.4, -0.2) is 59.8 Å². The number of carbonyl (C=O) groups excluding carboxylic acids is 1. The van der Waals surface area contributed by atoms with Crippen LogP contribution in [-0.2, 0) is 11.3 Å². The average molecular weight is 558 g/mol. The van der Waals surface area contributed by atoms with Gasteiger partial charge in [-0.2, -0.15) is 0 Å². The van der Waals surface area contributed by atoms with E-state index >= 15 is 0 Å². The van der Waals surface area contributed by atoms with Gasteiger partial charge >= 0.3 is 5.69 Å². The predicted molar refractivity (Wildman–Crippen MR) is 145 cm³/mol. The highest BCUT2D eigenvalue weighted by Gasteiger charge is 2.25. The zero-order chi connectivity index (χ0) is 28.2. The molecule has 214 valence electrons. The van der Waals surface area contributed by atoms with Gasteiger partial charge in [0.1, 0.15) is 12.4 Å². The number of rotatable bonds is 10. The Bertz CT molecular complexity index is 1470. The molecule has 0 N–H and O–H groups in total. The van der Waals surface area contributed by atoms with Crippen LogP contribution < -0.4 is 25.5 Å². The lowest BCUT2D eigenvalue weighted by molar-refractivity contribution is -0.119. The topological polar surface area (TPSA) is 92.0 Å². The molecule has 2 aromatic carbocycles. The summed E-state index contributed by atoms with van der Waals surface area (Å²) in [5, 5.41) is 0.195. The fourth-order valence-corrected chi connectivity index (χ4v) is 5.63. The van der Waals surface area contributed by atoms with E-state index in [1.807, 2.05) is 0 Å². The normalized spacial score (nSPS) is 16.6. The van der Waals surface area contributed by atoms with Crippen molar-refractivity contribution in [2.45, 2.75) is 63.6 Å². The van der Waals surface area contributed by atoms with Crippen LogP contribution in [0.1, 0.15) is 50.1 Å². The van der Waals surface area contributed by atoms with Gasteiger partial charge in [0.05, 0.1) is 30.7 Å². The molecule has 1 aliphatic heterocycles. The summed E-state index contributed by atoms with van der Waals surface area (Å²) in [6.07, 6.45) is 3.42. The zero-order valence-electron chi connectivity index (χ0n) is 22.4. The number of aromatic nitrogens is 2. The maximum atomic E-state index is 13.9. The molecule has 2 fully saturated rings. The third-order valence-corrected chi connectivity index (χ3v) is 7.69. The summed E-state index contributed by atoms with van der Waals surface area (Å²) in [5.41, 5.74) is 0.0653. The lowest BCUT2D eigenvalue weighted by Gasteiger charge is -2.31. The molecule has 3 aromatic rings. The molecule has 0 atom stereocenters. The molecule has 0 radical (unpaired) electrons. The molecule has 2 aliphatic rings. The van der Waals surface area contributed by atoms with Crippen molar-refractivity contribution in [1.82, 2.24) is 14.0 Å². The van der Waals surface area contributed by atoms with Crippen molar-refractivity contribution in [2.24, 2.45) is 0 Å². The predicted octanol–water partition coefficient (Wildman–Crippen LogP) is 3.98. The quantitative estimate of drug-likeness (QED) is 0.350. The molecule has 11 heteroatoms. The van der Waals surface area contributed by atoms with Crippen LogP contribution in [0.4, 0.5) is 8.78 Å². The summed E-state index contributed by atoms with van der Waals surface area (Å²) in [4.78, 5) is 40.5. The van der Waals surface area contributed by atoms with Gasteiger partial charge in [-0.3, -0.25) is 18.7 Å². The monoisotopic (exact) mass is 557 g/mol. The molecule has 5 rings (SSSR count). The highest BCUT2D eigenvalue weighted by atomic mass is 19.3. The minimum absolute atomic E-state index is 0.0199. The summed E-state index contributed by atoms with van der Waals surface area (Å²) >= 11 is 0. The van der Waals surface area contributed by atoms with Crippen molar-refractivity contribution in [1.29, 1.82) is 0 Å². The molecule has 0 spiro atoms. The van der Waals surface area contributed by atoms with Crippen molar-refractivity contribution < 1.29 is 27.8 Å². The summed E-state index contributed by atoms with van der Waals surface area (Å²) in [7, 11) is 1.56. The molecule has 1 saturated carbocycles. The van der Waals surface area contributed by atoms with Crippen LogP contribution in [0.5, 0.6) is 17.2 Å². The second-order valence-electron chi connectivity index (χ2n) is 10.3. The number of likely N-dealkylation sites (tertiary alicyclic amines) is 1. The number of nitrogens with zero attached hydrogens (tertiary/aromatic N) is 3. The molecule has 9 nitrogen and oxygen atoms in total. The van der Waals surface area contributed by atoms with Gasteiger partial charge in [-0.1, -0.05) is 6.07 Å². The molecule has 0 bridgehead atoms. The first kappa shape index (κ1) is 27.7. The van der Waals surface area contributed by atoms with Crippen molar-refractivity contribution in [3.63, 3.8) is 0 Å². The van der Waals surface area contributed by atoms with E-state index in [9.17, 15) is 23.2 Å². The van der Waals surface area contributed by atoms with Gasteiger partial charge in [0, 0.05) is 19.1 Å². The highest BCUT2D eigenvalue weighted by molar-refractivity contribution is 5.80. The molecular formula is C29H33F2N3O6. The van der Waals surface area contributed by atoms with Crippen molar-refractivity contribution in [3.8, 4) is 17.2 Å². The van der Waals surface area contributed by atoms with Crippen LogP contribution in [0.15, 0.2) is 46.0 Å². The van der Waals surface area contributed by atoms with E-state index in [0.29, 0.717) is 48.5 Å². The Morgan fingerprint density at radius 2 is 1.75 bits per heavy atom. The second-order valence-corrected chi connectivity index (χ2v) is 10.3. The van der Waals surface area contributed by atoms with E-state index in [2.05, 4.69) is 0 Å². The molecule has 0 unspecified atom stereocenters. The van der Waals surface area contributed by atoms with Crippen LogP contribution in [0.25, 0.3) is 10.9 Å². The Morgan fingerprint density at radius 3 is 2.42 bits per heavy atom. The third kappa shape index (κ3) is 5.83. The number of fused-ring (bicyclic) bond motifs is 1. The van der Waals surface area contributed by atoms with Gasteiger partial charge in [-0.25, -0.2) is 13.6 Å². The lowest BCUT2D eigenvalue weighted by atomic mass is 10.0. The van der Waals surface area contributed by atoms with Gasteiger partial charge in [0.2, 0.25) is 6.41 Å². The number of hydrogen-bond donors (Lipinski definition) is 0. The number of amides is 1. The van der Waals surface area contributed by atoms with E-state index in [1.165, 1.54) is 12.1 Å². The molecular weight excluding hydrogens is 524 g/mol. The number of alkyl halides is 2. The Morgan fingerprint density at radius 1 is 1.00 bits per heavy atom. The van der Waals surface area contributed by atoms with E-state index < -0.39 is 24.3 Å². The van der Waals surface area contributed by atoms with Crippen LogP contribution in [0.2, 0.25) is 0 Å². The second kappa shape index (κ2) is 12.1. The van der Waals surface area contributed by atoms with Gasteiger partial charge in [-0.15, -0.1) is 0 Å². The molecule has 1 aliphatic carbocycles. The Kier molecular flexibility index (Phi) is 8.37. The third-order valence-electron chi connectivity index (χ3n) is 7.69. The molecule has 2 heterocycles. The number of carbonyl (C=O) groups is 1. The summed E-state index contributed by atoms with van der Waals surface area (Å²) in [5.74, 6) is 1.25. The average Bonchev–Trinajstić information content (AvgIpc) is 3.48. The molecule has 1 amide bonds. The van der Waals surface area contributed by atoms with E-state index in [4.69, 9.17) is 14.2 Å². The zero-order valence-corrected chi connectivity index (χ0v) is 22.4. The first-order chi connectivity index (χ1) is 19.4. The molecule has 1 aromatic heterocycles. The largest absolute Gasteiger partial charge is 0.493 e. The summed E-state index contributed by atoms with van der Waals surface area (Å²) in [6, 6.07) is 9.55. The number of benzene rings is 2. The SMILES string of the molecule is COc1ccc(Cn2c(=O)c3cc(OCC(F)F)ccc3n(C3CCN(C=O)CC3)c2=O)cc1OC1CCCC1. The van der Waals surface area contributed by atoms with Gasteiger partial charge in [-0.05, 0) is 74.4 Å². The van der Waals surface area contributed by atoms with Gasteiger partial charge in [0.25, 0.3) is 12.0 Å². The van der Waals surface area contributed by atoms with Crippen LogP contribution in [0, 0.1) is 0 Å². The van der Waals surface area contributed by atoms with Crippen molar-refractivity contribution in [2.75, 3.05) is 26.8 Å². The van der Waals surface area contributed by atoms with Crippen molar-refractivity contribution in [3.05, 3.63) is 62.8 Å². The smallest absolute Gasteiger partial charge is 0.332 e. The maximum absolute atomic E-state index is 13.9. The van der Waals surface area contributed by atoms with Crippen molar-refractivity contribution >= 4 is 17.3 Å². The first-order valence-corrected chi connectivity index (χ1v) is 13.6. The van der Waals surface area contributed by atoms with Crippen LogP contribution >= 0.6 is 0 Å². The fourth-order valence-electron chi connectivity index (χ4n) is 5.63. The molecule has 1 saturated heterocycles. The van der Waals surface area contributed by atoms with Gasteiger partial charge in [0.15, 0.2) is 11.5 Å².